The van der Waals surface area contributed by atoms with Crippen molar-refractivity contribution in [3.8, 4) is 0 Å². The Hall–Kier alpha value is -1.89. The number of imidazole rings is 1. The summed E-state index contributed by atoms with van der Waals surface area (Å²) in [5.74, 6) is 0.835. The molecule has 0 radical (unpaired) electrons. The lowest BCUT2D eigenvalue weighted by molar-refractivity contribution is 0.591. The third-order valence-corrected chi connectivity index (χ3v) is 3.76. The van der Waals surface area contributed by atoms with Gasteiger partial charge in [-0.3, -0.25) is 13.9 Å². The molecule has 0 amide bonds. The molecule has 0 aliphatic heterocycles. The zero-order valence-corrected chi connectivity index (χ0v) is 12.9. The van der Waals surface area contributed by atoms with Crippen LogP contribution in [0.4, 0.5) is 0 Å². The monoisotopic (exact) mass is 293 g/mol. The van der Waals surface area contributed by atoms with E-state index in [9.17, 15) is 9.59 Å². The van der Waals surface area contributed by atoms with Crippen LogP contribution in [0.5, 0.6) is 0 Å². The summed E-state index contributed by atoms with van der Waals surface area (Å²) < 4.78 is 4.61. The summed E-state index contributed by atoms with van der Waals surface area (Å²) in [6, 6.07) is 0. The molecule has 21 heavy (non-hydrogen) atoms. The molecule has 7 nitrogen and oxygen atoms in total. The summed E-state index contributed by atoms with van der Waals surface area (Å²) in [5.41, 5.74) is 5.89. The number of aromatic nitrogens is 4. The zero-order chi connectivity index (χ0) is 15.6. The van der Waals surface area contributed by atoms with Crippen LogP contribution in [0.1, 0.15) is 32.0 Å². The van der Waals surface area contributed by atoms with E-state index in [4.69, 9.17) is 5.73 Å². The van der Waals surface area contributed by atoms with Crippen molar-refractivity contribution in [2.45, 2.75) is 39.2 Å². The van der Waals surface area contributed by atoms with E-state index in [0.717, 1.165) is 36.2 Å². The van der Waals surface area contributed by atoms with Crippen molar-refractivity contribution >= 4 is 11.2 Å². The lowest BCUT2D eigenvalue weighted by Gasteiger charge is -2.10. The molecular formula is C14H23N5O2. The number of unbranched alkanes of at least 4 members (excludes halogenated alkanes) is 1. The molecule has 2 aromatic rings. The van der Waals surface area contributed by atoms with Crippen LogP contribution in [-0.4, -0.2) is 25.2 Å². The minimum Gasteiger partial charge on any atom is -0.330 e. The molecule has 2 heterocycles. The Kier molecular flexibility index (Phi) is 4.62. The molecule has 0 fully saturated rings. The predicted octanol–water partition coefficient (Wildman–Crippen LogP) is 0.125. The molecule has 2 aromatic heterocycles. The molecule has 7 heteroatoms. The first-order valence-corrected chi connectivity index (χ1v) is 7.38. The minimum absolute atomic E-state index is 0.324. The van der Waals surface area contributed by atoms with Crippen molar-refractivity contribution in [3.63, 3.8) is 0 Å². The maximum atomic E-state index is 12.3. The highest BCUT2D eigenvalue weighted by molar-refractivity contribution is 5.70. The summed E-state index contributed by atoms with van der Waals surface area (Å²) in [7, 11) is 3.16. The van der Waals surface area contributed by atoms with Crippen molar-refractivity contribution < 1.29 is 0 Å². The van der Waals surface area contributed by atoms with Crippen molar-refractivity contribution in [1.82, 2.24) is 18.7 Å². The van der Waals surface area contributed by atoms with E-state index in [1.165, 1.54) is 11.6 Å². The van der Waals surface area contributed by atoms with Gasteiger partial charge in [0.15, 0.2) is 5.52 Å². The van der Waals surface area contributed by atoms with E-state index in [1.807, 2.05) is 4.57 Å². The van der Waals surface area contributed by atoms with Gasteiger partial charge in [0.05, 0.1) is 0 Å². The van der Waals surface area contributed by atoms with Crippen LogP contribution in [-0.2, 0) is 27.1 Å². The van der Waals surface area contributed by atoms with Crippen LogP contribution in [0.2, 0.25) is 0 Å². The summed E-state index contributed by atoms with van der Waals surface area (Å²) in [5, 5.41) is 0. The molecule has 0 aromatic carbocycles. The van der Waals surface area contributed by atoms with Gasteiger partial charge in [-0.25, -0.2) is 9.78 Å². The average Bonchev–Trinajstić information content (AvgIpc) is 2.85. The fourth-order valence-electron chi connectivity index (χ4n) is 2.54. The standard InChI is InChI=1S/C14H23N5O2/c1-4-5-9-19-10(7-6-8-15)16-11-12(19)17(2)14(21)18(3)13(11)20/h4-9,15H2,1-3H3. The van der Waals surface area contributed by atoms with Gasteiger partial charge in [-0.05, 0) is 19.4 Å². The summed E-state index contributed by atoms with van der Waals surface area (Å²) in [6.07, 6.45) is 3.54. The zero-order valence-electron chi connectivity index (χ0n) is 12.9. The first-order valence-electron chi connectivity index (χ1n) is 7.38. The van der Waals surface area contributed by atoms with Crippen molar-refractivity contribution in [3.05, 3.63) is 26.7 Å². The summed E-state index contributed by atoms with van der Waals surface area (Å²) in [4.78, 5) is 28.9. The van der Waals surface area contributed by atoms with Crippen molar-refractivity contribution in [2.24, 2.45) is 19.8 Å². The van der Waals surface area contributed by atoms with Crippen LogP contribution in [0.15, 0.2) is 9.59 Å². The van der Waals surface area contributed by atoms with Crippen LogP contribution in [0.25, 0.3) is 11.2 Å². The molecule has 0 bridgehead atoms. The van der Waals surface area contributed by atoms with Crippen molar-refractivity contribution in [2.75, 3.05) is 6.54 Å². The SMILES string of the molecule is CCCCn1c(CCCN)nc2c(=O)n(C)c(=O)n(C)c21. The average molecular weight is 293 g/mol. The molecule has 0 spiro atoms. The normalized spacial score (nSPS) is 11.4. The Morgan fingerprint density at radius 1 is 1.14 bits per heavy atom. The fraction of sp³-hybridized carbons (Fsp3) is 0.643. The number of nitrogens with two attached hydrogens (primary N) is 1. The molecule has 116 valence electrons. The molecular weight excluding hydrogens is 270 g/mol. The van der Waals surface area contributed by atoms with E-state index >= 15 is 0 Å². The minimum atomic E-state index is -0.336. The quantitative estimate of drug-likeness (QED) is 0.819. The number of fused-ring (bicyclic) bond motifs is 1. The molecule has 0 aliphatic carbocycles. The molecule has 0 aliphatic rings. The number of rotatable bonds is 6. The Morgan fingerprint density at radius 2 is 1.86 bits per heavy atom. The smallest absolute Gasteiger partial charge is 0.330 e. The van der Waals surface area contributed by atoms with Gasteiger partial charge in [0.2, 0.25) is 0 Å². The third-order valence-electron chi connectivity index (χ3n) is 3.76. The fourth-order valence-corrected chi connectivity index (χ4v) is 2.54. The molecule has 0 unspecified atom stereocenters. The molecule has 2 rings (SSSR count). The Labute approximate surface area is 123 Å². The maximum absolute atomic E-state index is 12.3. The highest BCUT2D eigenvalue weighted by atomic mass is 16.2. The number of hydrogen-bond acceptors (Lipinski definition) is 4. The lowest BCUT2D eigenvalue weighted by atomic mass is 10.3. The van der Waals surface area contributed by atoms with Crippen LogP contribution < -0.4 is 17.0 Å². The lowest BCUT2D eigenvalue weighted by Crippen LogP contribution is -2.37. The largest absolute Gasteiger partial charge is 0.332 e. The second-order valence-corrected chi connectivity index (χ2v) is 5.30. The first-order chi connectivity index (χ1) is 10.0. The highest BCUT2D eigenvalue weighted by Crippen LogP contribution is 2.14. The first kappa shape index (κ1) is 15.5. The van der Waals surface area contributed by atoms with Crippen LogP contribution >= 0.6 is 0 Å². The summed E-state index contributed by atoms with van der Waals surface area (Å²) in [6.45, 7) is 3.44. The second-order valence-electron chi connectivity index (χ2n) is 5.30. The Balaban J connectivity index is 2.74. The van der Waals surface area contributed by atoms with Gasteiger partial charge in [0.25, 0.3) is 5.56 Å². The van der Waals surface area contributed by atoms with Crippen LogP contribution in [0.3, 0.4) is 0 Å². The van der Waals surface area contributed by atoms with Crippen molar-refractivity contribution in [1.29, 1.82) is 0 Å². The van der Waals surface area contributed by atoms with E-state index in [2.05, 4.69) is 11.9 Å². The van der Waals surface area contributed by atoms with E-state index in [0.29, 0.717) is 24.1 Å². The highest BCUT2D eigenvalue weighted by Gasteiger charge is 2.18. The van der Waals surface area contributed by atoms with Gasteiger partial charge in [-0.15, -0.1) is 0 Å². The molecule has 0 atom stereocenters. The van der Waals surface area contributed by atoms with Gasteiger partial charge in [-0.2, -0.15) is 0 Å². The molecule has 2 N–H and O–H groups in total. The van der Waals surface area contributed by atoms with E-state index in [1.54, 1.807) is 7.05 Å². The number of hydrogen-bond donors (Lipinski definition) is 1. The Morgan fingerprint density at radius 3 is 2.48 bits per heavy atom. The molecule has 0 saturated carbocycles. The second kappa shape index (κ2) is 6.26. The van der Waals surface area contributed by atoms with Gasteiger partial charge in [0, 0.05) is 27.1 Å². The molecule has 0 saturated heterocycles. The topological polar surface area (TPSA) is 87.8 Å². The van der Waals surface area contributed by atoms with E-state index in [-0.39, 0.29) is 11.2 Å². The van der Waals surface area contributed by atoms with Gasteiger partial charge in [0.1, 0.15) is 11.5 Å². The predicted molar refractivity (Wildman–Crippen MR) is 82.5 cm³/mol. The maximum Gasteiger partial charge on any atom is 0.332 e. The Bertz CT molecular complexity index is 753. The van der Waals surface area contributed by atoms with Gasteiger partial charge < -0.3 is 10.3 Å². The van der Waals surface area contributed by atoms with Gasteiger partial charge >= 0.3 is 5.69 Å². The third kappa shape index (κ3) is 2.65. The van der Waals surface area contributed by atoms with E-state index < -0.39 is 0 Å². The summed E-state index contributed by atoms with van der Waals surface area (Å²) >= 11 is 0. The number of nitrogens with zero attached hydrogens (tertiary/aromatic N) is 4. The number of aryl methyl sites for hydroxylation is 3. The van der Waals surface area contributed by atoms with Crippen LogP contribution in [0, 0.1) is 0 Å². The van der Waals surface area contributed by atoms with Gasteiger partial charge in [-0.1, -0.05) is 13.3 Å².